The molecule has 1 heteroatoms. The van der Waals surface area contributed by atoms with Gasteiger partial charge >= 0.3 is 0 Å². The molecule has 0 saturated carbocycles. The molecule has 1 heterocycles. The Hall–Kier alpha value is -0.980. The zero-order chi connectivity index (χ0) is 12.6. The summed E-state index contributed by atoms with van der Waals surface area (Å²) in [5, 5.41) is 3.54. The summed E-state index contributed by atoms with van der Waals surface area (Å²) in [5.41, 5.74) is 4.65. The van der Waals surface area contributed by atoms with Gasteiger partial charge in [-0.05, 0) is 40.9 Å². The third-order valence-electron chi connectivity index (χ3n) is 4.56. The van der Waals surface area contributed by atoms with E-state index >= 15 is 0 Å². The first kappa shape index (κ1) is 12.5. The molecule has 0 spiro atoms. The molecule has 1 N–H and O–H groups in total. The van der Waals surface area contributed by atoms with Crippen LogP contribution in [0.15, 0.2) is 18.2 Å². The van der Waals surface area contributed by atoms with Crippen molar-refractivity contribution in [2.24, 2.45) is 5.92 Å². The first-order chi connectivity index (χ1) is 7.95. The van der Waals surface area contributed by atoms with Crippen LogP contribution in [0.3, 0.4) is 0 Å². The molecule has 1 aromatic rings. The van der Waals surface area contributed by atoms with Crippen molar-refractivity contribution in [3.63, 3.8) is 0 Å². The van der Waals surface area contributed by atoms with Crippen molar-refractivity contribution in [1.82, 2.24) is 0 Å². The van der Waals surface area contributed by atoms with Crippen molar-refractivity contribution >= 4 is 5.69 Å². The molecule has 1 atom stereocenters. The van der Waals surface area contributed by atoms with E-state index in [0.717, 1.165) is 6.54 Å². The summed E-state index contributed by atoms with van der Waals surface area (Å²) in [6.07, 6.45) is 1.24. The number of hydrogen-bond acceptors (Lipinski definition) is 1. The molecule has 0 aliphatic carbocycles. The molecule has 0 aromatic heterocycles. The maximum atomic E-state index is 3.54. The van der Waals surface area contributed by atoms with Gasteiger partial charge in [0.15, 0.2) is 0 Å². The van der Waals surface area contributed by atoms with Crippen LogP contribution in [0, 0.1) is 5.92 Å². The molecule has 0 amide bonds. The first-order valence-electron chi connectivity index (χ1n) is 6.83. The molecule has 0 fully saturated rings. The van der Waals surface area contributed by atoms with E-state index in [4.69, 9.17) is 0 Å². The van der Waals surface area contributed by atoms with E-state index in [0.29, 0.717) is 17.3 Å². The number of nitrogens with one attached hydrogen (secondary N) is 1. The second-order valence-electron chi connectivity index (χ2n) is 6.21. The van der Waals surface area contributed by atoms with Crippen LogP contribution < -0.4 is 5.32 Å². The Morgan fingerprint density at radius 3 is 2.47 bits per heavy atom. The fourth-order valence-corrected chi connectivity index (χ4v) is 2.74. The van der Waals surface area contributed by atoms with Gasteiger partial charge in [0, 0.05) is 12.2 Å². The molecular weight excluding hydrogens is 206 g/mol. The van der Waals surface area contributed by atoms with Gasteiger partial charge in [-0.3, -0.25) is 0 Å². The lowest BCUT2D eigenvalue weighted by Crippen LogP contribution is -2.36. The summed E-state index contributed by atoms with van der Waals surface area (Å²) < 4.78 is 0. The molecule has 1 aliphatic rings. The fourth-order valence-electron chi connectivity index (χ4n) is 2.74. The highest BCUT2D eigenvalue weighted by atomic mass is 14.9. The van der Waals surface area contributed by atoms with E-state index < -0.39 is 0 Å². The molecule has 17 heavy (non-hydrogen) atoms. The summed E-state index contributed by atoms with van der Waals surface area (Å²) in [7, 11) is 0. The minimum Gasteiger partial charge on any atom is -0.385 e. The Morgan fingerprint density at radius 1 is 1.18 bits per heavy atom. The maximum absolute atomic E-state index is 3.54. The smallest absolute Gasteiger partial charge is 0.0378 e. The van der Waals surface area contributed by atoms with Crippen LogP contribution in [-0.4, -0.2) is 6.54 Å². The van der Waals surface area contributed by atoms with Crippen molar-refractivity contribution in [2.75, 3.05) is 11.9 Å². The number of benzene rings is 1. The van der Waals surface area contributed by atoms with E-state index in [1.807, 2.05) is 0 Å². The Morgan fingerprint density at radius 2 is 1.88 bits per heavy atom. The van der Waals surface area contributed by atoms with Gasteiger partial charge in [0.05, 0.1) is 0 Å². The van der Waals surface area contributed by atoms with Crippen LogP contribution >= 0.6 is 0 Å². The minimum atomic E-state index is 0.325. The highest BCUT2D eigenvalue weighted by Crippen LogP contribution is 2.43. The van der Waals surface area contributed by atoms with Crippen LogP contribution in [0.2, 0.25) is 0 Å². The van der Waals surface area contributed by atoms with Gasteiger partial charge in [-0.2, -0.15) is 0 Å². The number of fused-ring (bicyclic) bond motifs is 1. The van der Waals surface area contributed by atoms with Gasteiger partial charge in [-0.25, -0.2) is 0 Å². The second-order valence-corrected chi connectivity index (χ2v) is 6.21. The summed E-state index contributed by atoms with van der Waals surface area (Å²) in [5.74, 6) is 1.30. The summed E-state index contributed by atoms with van der Waals surface area (Å²) in [6.45, 7) is 12.7. The largest absolute Gasteiger partial charge is 0.385 e. The summed E-state index contributed by atoms with van der Waals surface area (Å²) in [6, 6.07) is 6.96. The lowest BCUT2D eigenvalue weighted by molar-refractivity contribution is 0.315. The minimum absolute atomic E-state index is 0.325. The highest BCUT2D eigenvalue weighted by molar-refractivity contribution is 5.58. The van der Waals surface area contributed by atoms with E-state index in [1.165, 1.54) is 23.2 Å². The Bertz CT molecular complexity index is 406. The van der Waals surface area contributed by atoms with E-state index in [9.17, 15) is 0 Å². The molecule has 0 saturated heterocycles. The Labute approximate surface area is 106 Å². The molecule has 94 valence electrons. The topological polar surface area (TPSA) is 12.0 Å². The average molecular weight is 231 g/mol. The van der Waals surface area contributed by atoms with Crippen molar-refractivity contribution in [3.05, 3.63) is 29.3 Å². The average Bonchev–Trinajstić information content (AvgIpc) is 2.28. The highest BCUT2D eigenvalue weighted by Gasteiger charge is 2.35. The van der Waals surface area contributed by atoms with Gasteiger partial charge in [-0.15, -0.1) is 0 Å². The third-order valence-corrected chi connectivity index (χ3v) is 4.56. The second kappa shape index (κ2) is 4.36. The molecular formula is C16H25N. The summed E-state index contributed by atoms with van der Waals surface area (Å²) >= 11 is 0. The van der Waals surface area contributed by atoms with Crippen LogP contribution in [0.25, 0.3) is 0 Å². The quantitative estimate of drug-likeness (QED) is 0.788. The van der Waals surface area contributed by atoms with Gasteiger partial charge in [-0.1, -0.05) is 46.8 Å². The van der Waals surface area contributed by atoms with E-state index in [2.05, 4.69) is 58.1 Å². The molecule has 1 aromatic carbocycles. The zero-order valence-corrected chi connectivity index (χ0v) is 11.8. The zero-order valence-electron chi connectivity index (χ0n) is 11.8. The van der Waals surface area contributed by atoms with Gasteiger partial charge < -0.3 is 5.32 Å². The Kier molecular flexibility index (Phi) is 3.20. The van der Waals surface area contributed by atoms with Crippen molar-refractivity contribution < 1.29 is 0 Å². The lowest BCUT2D eigenvalue weighted by Gasteiger charge is -2.40. The lowest BCUT2D eigenvalue weighted by atomic mass is 9.68. The molecule has 1 unspecified atom stereocenters. The van der Waals surface area contributed by atoms with E-state index in [-0.39, 0.29) is 0 Å². The monoisotopic (exact) mass is 231 g/mol. The Balaban J connectivity index is 2.52. The van der Waals surface area contributed by atoms with Gasteiger partial charge in [0.25, 0.3) is 0 Å². The SMILES string of the molecule is CC(C)c1ccc2c(c1)C(C)(C(C)C)CCN2. The predicted octanol–water partition coefficient (Wildman–Crippen LogP) is 4.54. The predicted molar refractivity (Wildman–Crippen MR) is 75.8 cm³/mol. The van der Waals surface area contributed by atoms with Crippen LogP contribution in [0.1, 0.15) is 58.1 Å². The third kappa shape index (κ3) is 2.08. The van der Waals surface area contributed by atoms with Crippen molar-refractivity contribution in [1.29, 1.82) is 0 Å². The number of anilines is 1. The molecule has 1 nitrogen and oxygen atoms in total. The number of rotatable bonds is 2. The molecule has 0 bridgehead atoms. The molecule has 1 aliphatic heterocycles. The van der Waals surface area contributed by atoms with Gasteiger partial charge in [0.2, 0.25) is 0 Å². The number of hydrogen-bond donors (Lipinski definition) is 1. The van der Waals surface area contributed by atoms with Crippen molar-refractivity contribution in [3.8, 4) is 0 Å². The fraction of sp³-hybridized carbons (Fsp3) is 0.625. The van der Waals surface area contributed by atoms with Gasteiger partial charge in [0.1, 0.15) is 0 Å². The molecule has 0 radical (unpaired) electrons. The van der Waals surface area contributed by atoms with E-state index in [1.54, 1.807) is 0 Å². The van der Waals surface area contributed by atoms with Crippen LogP contribution in [0.5, 0.6) is 0 Å². The standard InChI is InChI=1S/C16H25N/c1-11(2)13-6-7-15-14(10-13)16(5,12(3)4)8-9-17-15/h6-7,10-12,17H,8-9H2,1-5H3. The summed E-state index contributed by atoms with van der Waals surface area (Å²) in [4.78, 5) is 0. The molecule has 2 rings (SSSR count). The van der Waals surface area contributed by atoms with Crippen molar-refractivity contribution in [2.45, 2.75) is 52.4 Å². The normalized spacial score (nSPS) is 23.7. The first-order valence-corrected chi connectivity index (χ1v) is 6.83. The van der Waals surface area contributed by atoms with Crippen LogP contribution in [-0.2, 0) is 5.41 Å². The maximum Gasteiger partial charge on any atom is 0.0378 e. The van der Waals surface area contributed by atoms with Crippen LogP contribution in [0.4, 0.5) is 5.69 Å².